The van der Waals surface area contributed by atoms with Gasteiger partial charge < -0.3 is 10.6 Å². The zero-order chi connectivity index (χ0) is 21.7. The number of benzene rings is 2. The SMILES string of the molecule is CC(C)[C@@H](NCC(=O)Nc1cc(C(F)(F)F)ccc1-n1cncn1)c1ccccc1. The van der Waals surface area contributed by atoms with E-state index >= 15 is 0 Å². The maximum Gasteiger partial charge on any atom is 0.416 e. The maximum atomic E-state index is 13.2. The Hall–Kier alpha value is -3.20. The number of nitrogens with zero attached hydrogens (tertiary/aromatic N) is 3. The molecular formula is C21H22F3N5O. The van der Waals surface area contributed by atoms with Crippen molar-refractivity contribution >= 4 is 11.6 Å². The molecular weight excluding hydrogens is 395 g/mol. The maximum absolute atomic E-state index is 13.2. The third kappa shape index (κ3) is 5.24. The number of carbonyl (C=O) groups excluding carboxylic acids is 1. The first-order valence-corrected chi connectivity index (χ1v) is 9.40. The third-order valence-electron chi connectivity index (χ3n) is 4.57. The average Bonchev–Trinajstić information content (AvgIpc) is 3.22. The minimum absolute atomic E-state index is 0.00272. The number of carbonyl (C=O) groups is 1. The zero-order valence-electron chi connectivity index (χ0n) is 16.5. The molecule has 0 aliphatic rings. The number of hydrogen-bond acceptors (Lipinski definition) is 4. The van der Waals surface area contributed by atoms with Crippen molar-refractivity contribution < 1.29 is 18.0 Å². The Balaban J connectivity index is 1.78. The smallest absolute Gasteiger partial charge is 0.323 e. The second-order valence-electron chi connectivity index (χ2n) is 7.13. The largest absolute Gasteiger partial charge is 0.416 e. The van der Waals surface area contributed by atoms with Crippen LogP contribution in [0.5, 0.6) is 0 Å². The lowest BCUT2D eigenvalue weighted by Gasteiger charge is -2.23. The van der Waals surface area contributed by atoms with Gasteiger partial charge in [0.25, 0.3) is 0 Å². The van der Waals surface area contributed by atoms with Crippen molar-refractivity contribution in [2.75, 3.05) is 11.9 Å². The molecule has 0 saturated carbocycles. The minimum atomic E-state index is -4.53. The topological polar surface area (TPSA) is 71.8 Å². The first-order valence-electron chi connectivity index (χ1n) is 9.40. The monoisotopic (exact) mass is 417 g/mol. The molecule has 0 aliphatic carbocycles. The van der Waals surface area contributed by atoms with E-state index in [0.29, 0.717) is 0 Å². The Morgan fingerprint density at radius 3 is 2.47 bits per heavy atom. The van der Waals surface area contributed by atoms with Gasteiger partial charge in [0, 0.05) is 6.04 Å². The lowest BCUT2D eigenvalue weighted by molar-refractivity contribution is -0.137. The Kier molecular flexibility index (Phi) is 6.51. The predicted octanol–water partition coefficient (Wildman–Crippen LogP) is 4.21. The number of halogens is 3. The number of nitrogens with one attached hydrogen (secondary N) is 2. The highest BCUT2D eigenvalue weighted by Gasteiger charge is 2.31. The molecule has 1 aromatic heterocycles. The lowest BCUT2D eigenvalue weighted by atomic mass is 9.96. The van der Waals surface area contributed by atoms with Crippen LogP contribution in [0.25, 0.3) is 5.69 Å². The van der Waals surface area contributed by atoms with Gasteiger partial charge >= 0.3 is 6.18 Å². The van der Waals surface area contributed by atoms with E-state index in [9.17, 15) is 18.0 Å². The summed E-state index contributed by atoms with van der Waals surface area (Å²) in [5.41, 5.74) is 0.460. The van der Waals surface area contributed by atoms with Gasteiger partial charge in [0.2, 0.25) is 5.91 Å². The summed E-state index contributed by atoms with van der Waals surface area (Å²) in [5, 5.41) is 9.69. The third-order valence-corrected chi connectivity index (χ3v) is 4.57. The zero-order valence-corrected chi connectivity index (χ0v) is 16.5. The molecule has 0 spiro atoms. The Morgan fingerprint density at radius 2 is 1.87 bits per heavy atom. The van der Waals surface area contributed by atoms with Crippen molar-refractivity contribution in [2.45, 2.75) is 26.1 Å². The summed E-state index contributed by atoms with van der Waals surface area (Å²) in [5.74, 6) is -0.253. The molecule has 0 fully saturated rings. The van der Waals surface area contributed by atoms with Crippen LogP contribution in [-0.4, -0.2) is 27.2 Å². The van der Waals surface area contributed by atoms with Crippen LogP contribution in [0.3, 0.4) is 0 Å². The molecule has 0 unspecified atom stereocenters. The molecule has 1 atom stereocenters. The summed E-state index contributed by atoms with van der Waals surface area (Å²) in [4.78, 5) is 16.4. The van der Waals surface area contributed by atoms with Gasteiger partial charge in [-0.3, -0.25) is 4.79 Å². The van der Waals surface area contributed by atoms with Crippen LogP contribution in [-0.2, 0) is 11.0 Å². The van der Waals surface area contributed by atoms with Crippen molar-refractivity contribution in [1.82, 2.24) is 20.1 Å². The van der Waals surface area contributed by atoms with Gasteiger partial charge in [-0.25, -0.2) is 9.67 Å². The van der Waals surface area contributed by atoms with E-state index < -0.39 is 17.6 Å². The lowest BCUT2D eigenvalue weighted by Crippen LogP contribution is -2.33. The van der Waals surface area contributed by atoms with Crippen molar-refractivity contribution in [3.63, 3.8) is 0 Å². The average molecular weight is 417 g/mol. The van der Waals surface area contributed by atoms with Crippen LogP contribution in [0.15, 0.2) is 61.2 Å². The molecule has 2 N–H and O–H groups in total. The molecule has 6 nitrogen and oxygen atoms in total. The molecule has 9 heteroatoms. The van der Waals surface area contributed by atoms with E-state index in [0.717, 1.165) is 17.7 Å². The van der Waals surface area contributed by atoms with Crippen molar-refractivity contribution in [2.24, 2.45) is 5.92 Å². The molecule has 0 aliphatic heterocycles. The molecule has 3 aromatic rings. The Morgan fingerprint density at radius 1 is 1.13 bits per heavy atom. The van der Waals surface area contributed by atoms with E-state index in [1.54, 1.807) is 0 Å². The highest BCUT2D eigenvalue weighted by molar-refractivity contribution is 5.94. The van der Waals surface area contributed by atoms with Crippen LogP contribution in [0, 0.1) is 5.92 Å². The first-order chi connectivity index (χ1) is 14.3. The number of hydrogen-bond donors (Lipinski definition) is 2. The molecule has 0 radical (unpaired) electrons. The Bertz CT molecular complexity index is 972. The number of rotatable bonds is 7. The number of amides is 1. The van der Waals surface area contributed by atoms with Gasteiger partial charge in [-0.2, -0.15) is 18.3 Å². The van der Waals surface area contributed by atoms with Gasteiger partial charge in [-0.1, -0.05) is 44.2 Å². The quantitative estimate of drug-likeness (QED) is 0.604. The molecule has 30 heavy (non-hydrogen) atoms. The highest BCUT2D eigenvalue weighted by Crippen LogP contribution is 2.33. The molecule has 1 amide bonds. The summed E-state index contributed by atoms with van der Waals surface area (Å²) in [7, 11) is 0. The predicted molar refractivity (Wildman–Crippen MR) is 107 cm³/mol. The highest BCUT2D eigenvalue weighted by atomic mass is 19.4. The fourth-order valence-electron chi connectivity index (χ4n) is 3.14. The summed E-state index contributed by atoms with van der Waals surface area (Å²) < 4.78 is 40.7. The van der Waals surface area contributed by atoms with E-state index in [4.69, 9.17) is 0 Å². The van der Waals surface area contributed by atoms with E-state index in [1.807, 2.05) is 44.2 Å². The van der Waals surface area contributed by atoms with Crippen molar-refractivity contribution in [1.29, 1.82) is 0 Å². The first kappa shape index (κ1) is 21.5. The molecule has 3 rings (SSSR count). The summed E-state index contributed by atoms with van der Waals surface area (Å²) in [6, 6.07) is 12.7. The minimum Gasteiger partial charge on any atom is -0.323 e. The molecule has 2 aromatic carbocycles. The molecule has 158 valence electrons. The van der Waals surface area contributed by atoms with Gasteiger partial charge in [0.1, 0.15) is 12.7 Å². The second kappa shape index (κ2) is 9.08. The van der Waals surface area contributed by atoms with E-state index in [1.165, 1.54) is 23.4 Å². The van der Waals surface area contributed by atoms with Gasteiger partial charge in [0.15, 0.2) is 0 Å². The number of aromatic nitrogens is 3. The molecule has 0 saturated heterocycles. The van der Waals surface area contributed by atoms with Crippen LogP contribution in [0.4, 0.5) is 18.9 Å². The van der Waals surface area contributed by atoms with Crippen LogP contribution >= 0.6 is 0 Å². The summed E-state index contributed by atoms with van der Waals surface area (Å²) in [6.07, 6.45) is -1.92. The molecule has 0 bridgehead atoms. The van der Waals surface area contributed by atoms with Gasteiger partial charge in [0.05, 0.1) is 23.5 Å². The van der Waals surface area contributed by atoms with Crippen LogP contribution < -0.4 is 10.6 Å². The number of anilines is 1. The molecule has 1 heterocycles. The summed E-state index contributed by atoms with van der Waals surface area (Å²) >= 11 is 0. The fourth-order valence-corrected chi connectivity index (χ4v) is 3.14. The van der Waals surface area contributed by atoms with Crippen molar-refractivity contribution in [3.8, 4) is 5.69 Å². The standard InChI is InChI=1S/C21H22F3N5O/c1-14(2)20(15-6-4-3-5-7-15)26-11-19(30)28-17-10-16(21(22,23)24)8-9-18(17)29-13-25-12-27-29/h3-10,12-14,20,26H,11H2,1-2H3,(H,28,30)/t20-/m1/s1. The van der Waals surface area contributed by atoms with Crippen molar-refractivity contribution in [3.05, 3.63) is 72.3 Å². The van der Waals surface area contributed by atoms with Gasteiger partial charge in [-0.05, 0) is 29.7 Å². The van der Waals surface area contributed by atoms with Gasteiger partial charge in [-0.15, -0.1) is 0 Å². The second-order valence-corrected chi connectivity index (χ2v) is 7.13. The normalized spacial score (nSPS) is 12.7. The Labute approximate surface area is 172 Å². The summed E-state index contributed by atoms with van der Waals surface area (Å²) in [6.45, 7) is 3.99. The van der Waals surface area contributed by atoms with Crippen LogP contribution in [0.2, 0.25) is 0 Å². The van der Waals surface area contributed by atoms with E-state index in [2.05, 4.69) is 20.7 Å². The number of alkyl halides is 3. The van der Waals surface area contributed by atoms with Crippen LogP contribution in [0.1, 0.15) is 31.0 Å². The fraction of sp³-hybridized carbons (Fsp3) is 0.286. The van der Waals surface area contributed by atoms with E-state index in [-0.39, 0.29) is 29.9 Å².